The summed E-state index contributed by atoms with van der Waals surface area (Å²) in [5.74, 6) is 0. The molecule has 5 unspecified atom stereocenters. The van der Waals surface area contributed by atoms with Gasteiger partial charge in [0.1, 0.15) is 23.9 Å². The van der Waals surface area contributed by atoms with Gasteiger partial charge in [0.25, 0.3) is 0 Å². The van der Waals surface area contributed by atoms with Gasteiger partial charge in [-0.05, 0) is 23.1 Å². The van der Waals surface area contributed by atoms with E-state index >= 15 is 0 Å². The number of aliphatic hydroxyl groups excluding tert-OH is 3. The van der Waals surface area contributed by atoms with Crippen molar-refractivity contribution in [2.45, 2.75) is 62.2 Å². The number of hydrogen-bond acceptors (Lipinski definition) is 8. The fourth-order valence-corrected chi connectivity index (χ4v) is 5.03. The van der Waals surface area contributed by atoms with Crippen LogP contribution in [0, 0.1) is 0 Å². The third-order valence-electron chi connectivity index (χ3n) is 7.13. The maximum Gasteiger partial charge on any atom is 0.118 e. The highest BCUT2D eigenvalue weighted by atomic mass is 16.6. The molecule has 8 heteroatoms. The molecule has 0 radical (unpaired) electrons. The highest BCUT2D eigenvalue weighted by Crippen LogP contribution is 2.36. The van der Waals surface area contributed by atoms with E-state index in [1.807, 2.05) is 91.0 Å². The summed E-state index contributed by atoms with van der Waals surface area (Å²) in [7, 11) is 0. The molecule has 210 valence electrons. The Hall–Kier alpha value is -2.66. The van der Waals surface area contributed by atoms with Crippen LogP contribution in [0.15, 0.2) is 91.0 Å². The largest absolute Gasteiger partial charge is 0.395 e. The van der Waals surface area contributed by atoms with E-state index in [1.54, 1.807) is 0 Å². The molecule has 39 heavy (non-hydrogen) atoms. The van der Waals surface area contributed by atoms with Gasteiger partial charge in [0.15, 0.2) is 0 Å². The molecule has 0 saturated heterocycles. The van der Waals surface area contributed by atoms with Crippen molar-refractivity contribution in [2.75, 3.05) is 19.8 Å². The lowest BCUT2D eigenvalue weighted by Gasteiger charge is -2.50. The van der Waals surface area contributed by atoms with Crippen molar-refractivity contribution in [3.05, 3.63) is 108 Å². The smallest absolute Gasteiger partial charge is 0.118 e. The molecule has 0 aliphatic heterocycles. The molecule has 3 aromatic carbocycles. The summed E-state index contributed by atoms with van der Waals surface area (Å²) in [5.41, 5.74) is 1.15. The number of aliphatic hydroxyl groups is 4. The van der Waals surface area contributed by atoms with E-state index < -0.39 is 42.6 Å². The van der Waals surface area contributed by atoms with Crippen molar-refractivity contribution in [2.24, 2.45) is 0 Å². The predicted octanol–water partition coefficient (Wildman–Crippen LogP) is 2.18. The van der Waals surface area contributed by atoms with Gasteiger partial charge in [0.05, 0.1) is 45.7 Å². The lowest BCUT2D eigenvalue weighted by atomic mass is 9.75. The van der Waals surface area contributed by atoms with Gasteiger partial charge < -0.3 is 40.0 Å². The lowest BCUT2D eigenvalue weighted by Crippen LogP contribution is -2.69. The summed E-state index contributed by atoms with van der Waals surface area (Å²) in [6.07, 6.45) is -2.29. The van der Waals surface area contributed by atoms with Crippen molar-refractivity contribution in [3.63, 3.8) is 0 Å². The van der Waals surface area contributed by atoms with Gasteiger partial charge in [-0.15, -0.1) is 0 Å². The summed E-state index contributed by atoms with van der Waals surface area (Å²) in [6, 6.07) is 27.8. The van der Waals surface area contributed by atoms with Crippen LogP contribution in [-0.4, -0.2) is 76.2 Å². The van der Waals surface area contributed by atoms with Crippen molar-refractivity contribution in [1.82, 2.24) is 5.32 Å². The topological polar surface area (TPSA) is 121 Å². The van der Waals surface area contributed by atoms with E-state index in [0.29, 0.717) is 0 Å². The highest BCUT2D eigenvalue weighted by Gasteiger charge is 2.55. The molecule has 0 amide bonds. The SMILES string of the molecule is OCC(CO)NC1CC(O)(CO)C(OCc2ccccc2)C(OCc2ccccc2)C1OCc1ccccc1. The average molecular weight is 538 g/mol. The fourth-order valence-electron chi connectivity index (χ4n) is 5.03. The van der Waals surface area contributed by atoms with Crippen LogP contribution in [0.2, 0.25) is 0 Å². The number of rotatable bonds is 14. The van der Waals surface area contributed by atoms with Crippen molar-refractivity contribution < 1.29 is 34.6 Å². The second kappa shape index (κ2) is 14.6. The molecule has 3 aromatic rings. The van der Waals surface area contributed by atoms with Crippen molar-refractivity contribution in [1.29, 1.82) is 0 Å². The normalized spacial score (nSPS) is 25.2. The van der Waals surface area contributed by atoms with Gasteiger partial charge in [0.2, 0.25) is 0 Å². The minimum atomic E-state index is -1.67. The second-order valence-electron chi connectivity index (χ2n) is 10.0. The molecule has 0 aromatic heterocycles. The molecule has 8 nitrogen and oxygen atoms in total. The first kappa shape index (κ1) is 29.3. The molecule has 1 fully saturated rings. The predicted molar refractivity (Wildman–Crippen MR) is 147 cm³/mol. The highest BCUT2D eigenvalue weighted by molar-refractivity contribution is 5.17. The molecule has 1 aliphatic carbocycles. The quantitative estimate of drug-likeness (QED) is 0.212. The van der Waals surface area contributed by atoms with E-state index in [-0.39, 0.29) is 39.5 Å². The number of hydrogen-bond donors (Lipinski definition) is 5. The van der Waals surface area contributed by atoms with E-state index in [4.69, 9.17) is 14.2 Å². The van der Waals surface area contributed by atoms with Crippen LogP contribution in [0.3, 0.4) is 0 Å². The van der Waals surface area contributed by atoms with E-state index in [1.165, 1.54) is 0 Å². The van der Waals surface area contributed by atoms with Crippen LogP contribution in [0.4, 0.5) is 0 Å². The summed E-state index contributed by atoms with van der Waals surface area (Å²) in [4.78, 5) is 0. The van der Waals surface area contributed by atoms with Gasteiger partial charge in [-0.1, -0.05) is 91.0 Å². The zero-order valence-electron chi connectivity index (χ0n) is 22.0. The Kier molecular flexibility index (Phi) is 11.0. The third-order valence-corrected chi connectivity index (χ3v) is 7.13. The molecule has 0 heterocycles. The number of benzene rings is 3. The van der Waals surface area contributed by atoms with Crippen molar-refractivity contribution in [3.8, 4) is 0 Å². The Morgan fingerprint density at radius 1 is 0.667 bits per heavy atom. The van der Waals surface area contributed by atoms with Gasteiger partial charge >= 0.3 is 0 Å². The van der Waals surface area contributed by atoms with Gasteiger partial charge in [-0.25, -0.2) is 0 Å². The lowest BCUT2D eigenvalue weighted by molar-refractivity contribution is -0.252. The van der Waals surface area contributed by atoms with E-state index in [2.05, 4.69) is 5.32 Å². The van der Waals surface area contributed by atoms with Crippen molar-refractivity contribution >= 4 is 0 Å². The Morgan fingerprint density at radius 2 is 1.10 bits per heavy atom. The van der Waals surface area contributed by atoms with Crippen LogP contribution in [0.5, 0.6) is 0 Å². The molecular weight excluding hydrogens is 498 g/mol. The Bertz CT molecular complexity index is 1080. The summed E-state index contributed by atoms with van der Waals surface area (Å²) >= 11 is 0. The summed E-state index contributed by atoms with van der Waals surface area (Å²) in [6.45, 7) is -0.457. The molecule has 0 bridgehead atoms. The van der Waals surface area contributed by atoms with E-state index in [0.717, 1.165) is 16.7 Å². The first-order valence-electron chi connectivity index (χ1n) is 13.3. The molecule has 0 spiro atoms. The molecule has 1 aliphatic rings. The zero-order chi connectivity index (χ0) is 27.5. The Labute approximate surface area is 229 Å². The van der Waals surface area contributed by atoms with Crippen LogP contribution >= 0.6 is 0 Å². The minimum Gasteiger partial charge on any atom is -0.395 e. The van der Waals surface area contributed by atoms with Crippen LogP contribution < -0.4 is 5.32 Å². The first-order valence-corrected chi connectivity index (χ1v) is 13.3. The average Bonchev–Trinajstić information content (AvgIpc) is 2.99. The maximum absolute atomic E-state index is 11.7. The van der Waals surface area contributed by atoms with Gasteiger partial charge in [-0.2, -0.15) is 0 Å². The summed E-state index contributed by atoms with van der Waals surface area (Å²) < 4.78 is 19.3. The minimum absolute atomic E-state index is 0.0596. The van der Waals surface area contributed by atoms with Gasteiger partial charge in [-0.3, -0.25) is 0 Å². The molecule has 1 saturated carbocycles. The Balaban J connectivity index is 1.66. The molecule has 5 atom stereocenters. The summed E-state index contributed by atoms with van der Waals surface area (Å²) in [5, 5.41) is 45.0. The van der Waals surface area contributed by atoms with E-state index in [9.17, 15) is 20.4 Å². The fraction of sp³-hybridized carbons (Fsp3) is 0.419. The molecular formula is C31H39NO7. The third kappa shape index (κ3) is 7.94. The monoisotopic (exact) mass is 537 g/mol. The zero-order valence-corrected chi connectivity index (χ0v) is 22.0. The Morgan fingerprint density at radius 3 is 1.54 bits per heavy atom. The first-order chi connectivity index (χ1) is 19.1. The standard InChI is InChI=1S/C31H39NO7/c33-17-26(18-34)32-27-16-31(36,22-35)30(39-21-25-14-8-3-9-15-25)29(38-20-24-12-6-2-7-13-24)28(27)37-19-23-10-4-1-5-11-23/h1-15,26-30,32-36H,16-22H2. The second-order valence-corrected chi connectivity index (χ2v) is 10.0. The molecule has 4 rings (SSSR count). The molecule has 5 N–H and O–H groups in total. The van der Waals surface area contributed by atoms with Crippen LogP contribution in [0.25, 0.3) is 0 Å². The number of ether oxygens (including phenoxy) is 3. The van der Waals surface area contributed by atoms with Gasteiger partial charge in [0, 0.05) is 6.04 Å². The van der Waals surface area contributed by atoms with Crippen LogP contribution in [-0.2, 0) is 34.0 Å². The van der Waals surface area contributed by atoms with Crippen LogP contribution in [0.1, 0.15) is 23.1 Å². The number of nitrogens with one attached hydrogen (secondary N) is 1. The maximum atomic E-state index is 11.7.